The number of aryl methyl sites for hydroxylation is 1. The predicted molar refractivity (Wildman–Crippen MR) is 157 cm³/mol. The lowest BCUT2D eigenvalue weighted by atomic mass is 10.1. The third-order valence-electron chi connectivity index (χ3n) is 6.44. The molecule has 2 aromatic heterocycles. The number of fused-ring (bicyclic) bond motifs is 1. The number of hydrogen-bond donors (Lipinski definition) is 1. The number of nitrogens with zero attached hydrogens (tertiary/aromatic N) is 6. The number of carbonyl (C=O) groups is 1. The van der Waals surface area contributed by atoms with Gasteiger partial charge in [0.05, 0.1) is 29.6 Å². The van der Waals surface area contributed by atoms with Gasteiger partial charge in [-0.2, -0.15) is 13.5 Å². The van der Waals surface area contributed by atoms with Gasteiger partial charge in [-0.3, -0.25) is 9.48 Å². The van der Waals surface area contributed by atoms with Crippen LogP contribution in [0.5, 0.6) is 0 Å². The minimum atomic E-state index is -4.54. The SMILES string of the molecule is Cc1ccc(S(=O)(=O)N(OC=O)c2ccc(Nc3cc(-c4ccc5c(cnn5CCN(C)C)c4)ncn3)cc2)c(F)c1. The summed E-state index contributed by atoms with van der Waals surface area (Å²) in [6.07, 6.45) is 3.28. The molecule has 42 heavy (non-hydrogen) atoms. The van der Waals surface area contributed by atoms with Crippen molar-refractivity contribution >= 4 is 44.6 Å². The quantitative estimate of drug-likeness (QED) is 0.175. The summed E-state index contributed by atoms with van der Waals surface area (Å²) in [4.78, 5) is 26.1. The number of hydrogen-bond acceptors (Lipinski definition) is 9. The van der Waals surface area contributed by atoms with Gasteiger partial charge in [-0.25, -0.2) is 14.4 Å². The van der Waals surface area contributed by atoms with Crippen LogP contribution in [-0.2, 0) is 26.2 Å². The van der Waals surface area contributed by atoms with Gasteiger partial charge in [-0.05, 0) is 75.1 Å². The Bertz CT molecular complexity index is 1840. The Morgan fingerprint density at radius 1 is 1.02 bits per heavy atom. The van der Waals surface area contributed by atoms with E-state index in [1.54, 1.807) is 25.1 Å². The molecule has 2 heterocycles. The monoisotopic (exact) mass is 589 g/mol. The Kier molecular flexibility index (Phi) is 8.13. The fourth-order valence-electron chi connectivity index (χ4n) is 4.32. The molecule has 1 N–H and O–H groups in total. The van der Waals surface area contributed by atoms with Crippen LogP contribution in [-0.4, -0.2) is 60.2 Å². The Hall–Kier alpha value is -4.88. The number of carbonyl (C=O) groups excluding carboxylic acids is 1. The summed E-state index contributed by atoms with van der Waals surface area (Å²) in [7, 11) is -0.492. The molecule has 0 aliphatic carbocycles. The van der Waals surface area contributed by atoms with Crippen molar-refractivity contribution in [3.8, 4) is 11.3 Å². The summed E-state index contributed by atoms with van der Waals surface area (Å²) in [6.45, 7) is 3.26. The number of anilines is 3. The van der Waals surface area contributed by atoms with Crippen molar-refractivity contribution in [1.82, 2.24) is 24.6 Å². The highest BCUT2D eigenvalue weighted by atomic mass is 32.2. The van der Waals surface area contributed by atoms with Crippen molar-refractivity contribution in [1.29, 1.82) is 0 Å². The lowest BCUT2D eigenvalue weighted by molar-refractivity contribution is -0.128. The molecule has 0 atom stereocenters. The molecule has 0 saturated heterocycles. The van der Waals surface area contributed by atoms with Crippen LogP contribution >= 0.6 is 0 Å². The first kappa shape index (κ1) is 28.6. The van der Waals surface area contributed by atoms with E-state index in [2.05, 4.69) is 25.3 Å². The van der Waals surface area contributed by atoms with E-state index in [0.29, 0.717) is 27.2 Å². The zero-order valence-corrected chi connectivity index (χ0v) is 23.9. The summed E-state index contributed by atoms with van der Waals surface area (Å²) in [5.74, 6) is -0.450. The van der Waals surface area contributed by atoms with Crippen LogP contribution in [0.2, 0.25) is 0 Å². The summed E-state index contributed by atoms with van der Waals surface area (Å²) >= 11 is 0. The molecule has 0 spiro atoms. The normalized spacial score (nSPS) is 11.5. The molecular weight excluding hydrogens is 561 g/mol. The van der Waals surface area contributed by atoms with Crippen LogP contribution in [0, 0.1) is 12.7 Å². The lowest BCUT2D eigenvalue weighted by Crippen LogP contribution is -2.31. The molecule has 11 nitrogen and oxygen atoms in total. The van der Waals surface area contributed by atoms with Gasteiger partial charge in [0.25, 0.3) is 10.0 Å². The zero-order valence-electron chi connectivity index (χ0n) is 23.1. The Labute approximate surface area is 242 Å². The third-order valence-corrected chi connectivity index (χ3v) is 8.06. The maximum atomic E-state index is 14.5. The van der Waals surface area contributed by atoms with Gasteiger partial charge in [-0.1, -0.05) is 16.6 Å². The van der Waals surface area contributed by atoms with Crippen LogP contribution in [0.15, 0.2) is 84.1 Å². The van der Waals surface area contributed by atoms with E-state index in [0.717, 1.165) is 41.7 Å². The van der Waals surface area contributed by atoms with Crippen molar-refractivity contribution in [2.45, 2.75) is 18.4 Å². The maximum absolute atomic E-state index is 14.5. The summed E-state index contributed by atoms with van der Waals surface area (Å²) in [5.41, 5.74) is 3.74. The number of rotatable bonds is 11. The number of sulfonamides is 1. The second-order valence-corrected chi connectivity index (χ2v) is 11.5. The minimum Gasteiger partial charge on any atom is -0.340 e. The summed E-state index contributed by atoms with van der Waals surface area (Å²) in [5, 5.41) is 8.66. The van der Waals surface area contributed by atoms with Crippen molar-refractivity contribution in [2.75, 3.05) is 30.4 Å². The molecule has 13 heteroatoms. The smallest absolute Gasteiger partial charge is 0.322 e. The van der Waals surface area contributed by atoms with E-state index in [9.17, 15) is 17.6 Å². The number of aromatic nitrogens is 4. The Balaban J connectivity index is 1.35. The molecule has 5 aromatic rings. The standard InChI is InChI=1S/C29H28FN7O4S/c1-20-4-11-28(25(30)14-20)42(39,40)37(41-19-38)24-8-6-23(7-9-24)34-29-16-26(31-18-32-29)21-5-10-27-22(15-21)17-33-36(27)13-12-35(2)3/h4-11,14-19H,12-13H2,1-3H3,(H,31,32,34). The van der Waals surface area contributed by atoms with Crippen LogP contribution in [0.1, 0.15) is 5.56 Å². The van der Waals surface area contributed by atoms with Crippen molar-refractivity contribution in [3.63, 3.8) is 0 Å². The summed E-state index contributed by atoms with van der Waals surface area (Å²) in [6, 6.07) is 17.5. The highest BCUT2D eigenvalue weighted by Crippen LogP contribution is 2.29. The molecule has 0 bridgehead atoms. The molecule has 5 rings (SSSR count). The first-order valence-corrected chi connectivity index (χ1v) is 14.3. The first-order chi connectivity index (χ1) is 20.2. The molecule has 0 radical (unpaired) electrons. The van der Waals surface area contributed by atoms with Crippen molar-refractivity contribution in [2.24, 2.45) is 0 Å². The highest BCUT2D eigenvalue weighted by molar-refractivity contribution is 7.92. The molecule has 216 valence electrons. The highest BCUT2D eigenvalue weighted by Gasteiger charge is 2.30. The number of nitrogens with one attached hydrogen (secondary N) is 1. The molecule has 3 aromatic carbocycles. The van der Waals surface area contributed by atoms with Crippen LogP contribution in [0.3, 0.4) is 0 Å². The minimum absolute atomic E-state index is 0.00423. The molecular formula is C29H28FN7O4S. The van der Waals surface area contributed by atoms with Crippen LogP contribution < -0.4 is 9.79 Å². The van der Waals surface area contributed by atoms with E-state index in [4.69, 9.17) is 4.84 Å². The van der Waals surface area contributed by atoms with Gasteiger partial charge < -0.3 is 15.1 Å². The second-order valence-electron chi connectivity index (χ2n) is 9.77. The van der Waals surface area contributed by atoms with Crippen molar-refractivity contribution in [3.05, 3.63) is 90.6 Å². The van der Waals surface area contributed by atoms with Gasteiger partial charge in [0, 0.05) is 29.2 Å². The molecule has 0 fully saturated rings. The van der Waals surface area contributed by atoms with E-state index in [1.165, 1.54) is 24.5 Å². The molecule has 0 aliphatic heterocycles. The first-order valence-electron chi connectivity index (χ1n) is 12.9. The van der Waals surface area contributed by atoms with E-state index >= 15 is 0 Å². The molecule has 0 aliphatic rings. The van der Waals surface area contributed by atoms with E-state index < -0.39 is 20.7 Å². The topological polar surface area (TPSA) is 123 Å². The average molecular weight is 590 g/mol. The van der Waals surface area contributed by atoms with Gasteiger partial charge in [0.2, 0.25) is 0 Å². The van der Waals surface area contributed by atoms with E-state index in [1.807, 2.05) is 43.2 Å². The third kappa shape index (κ3) is 6.06. The molecule has 0 saturated carbocycles. The second kappa shape index (κ2) is 11.9. The lowest BCUT2D eigenvalue weighted by Gasteiger charge is -2.21. The van der Waals surface area contributed by atoms with Crippen LogP contribution in [0.25, 0.3) is 22.2 Å². The van der Waals surface area contributed by atoms with Gasteiger partial charge >= 0.3 is 6.47 Å². The largest absolute Gasteiger partial charge is 0.340 e. The zero-order chi connectivity index (χ0) is 29.9. The fourth-order valence-corrected chi connectivity index (χ4v) is 5.59. The summed E-state index contributed by atoms with van der Waals surface area (Å²) < 4.78 is 43.0. The van der Waals surface area contributed by atoms with Gasteiger partial charge in [-0.15, -0.1) is 0 Å². The van der Waals surface area contributed by atoms with Gasteiger partial charge in [0.15, 0.2) is 0 Å². The number of benzene rings is 3. The van der Waals surface area contributed by atoms with Gasteiger partial charge in [0.1, 0.15) is 22.9 Å². The molecule has 0 amide bonds. The Morgan fingerprint density at radius 2 is 1.81 bits per heavy atom. The van der Waals surface area contributed by atoms with Crippen LogP contribution in [0.4, 0.5) is 21.6 Å². The maximum Gasteiger partial charge on any atom is 0.322 e. The van der Waals surface area contributed by atoms with Crippen molar-refractivity contribution < 1.29 is 22.4 Å². The van der Waals surface area contributed by atoms with E-state index in [-0.39, 0.29) is 12.2 Å². The number of likely N-dealkylation sites (N-methyl/N-ethyl adjacent to an activating group) is 1. The molecule has 0 unspecified atom stereocenters. The Morgan fingerprint density at radius 3 is 2.52 bits per heavy atom. The fraction of sp³-hybridized carbons (Fsp3) is 0.172. The average Bonchev–Trinajstić information content (AvgIpc) is 3.37. The predicted octanol–water partition coefficient (Wildman–Crippen LogP) is 4.53. The number of halogens is 1.